The molecule has 5 heteroatoms. The Kier molecular flexibility index (Phi) is 3.52. The van der Waals surface area contributed by atoms with Gasteiger partial charge in [-0.15, -0.1) is 0 Å². The van der Waals surface area contributed by atoms with Gasteiger partial charge < -0.3 is 10.3 Å². The molecule has 4 nitrogen and oxygen atoms in total. The molecule has 0 saturated heterocycles. The molecule has 3 aromatic rings. The van der Waals surface area contributed by atoms with Crippen LogP contribution in [0.4, 0.5) is 5.69 Å². The van der Waals surface area contributed by atoms with Crippen molar-refractivity contribution in [2.24, 2.45) is 0 Å². The Morgan fingerprint density at radius 1 is 1.05 bits per heavy atom. The van der Waals surface area contributed by atoms with E-state index in [-0.39, 0.29) is 0 Å². The Balaban J connectivity index is 1.88. The number of nitrogens with zero attached hydrogens (tertiary/aromatic N) is 2. The Labute approximate surface area is 124 Å². The average Bonchev–Trinajstić information content (AvgIpc) is 2.90. The molecule has 0 aliphatic carbocycles. The van der Waals surface area contributed by atoms with Crippen LogP contribution in [0.3, 0.4) is 0 Å². The number of aromatic nitrogens is 2. The summed E-state index contributed by atoms with van der Waals surface area (Å²) in [6.45, 7) is 0. The summed E-state index contributed by atoms with van der Waals surface area (Å²) < 4.78 is 6.32. The van der Waals surface area contributed by atoms with Crippen molar-refractivity contribution in [2.75, 3.05) is 5.73 Å². The lowest BCUT2D eigenvalue weighted by Gasteiger charge is -1.99. The molecule has 2 N–H and O–H groups in total. The van der Waals surface area contributed by atoms with E-state index in [1.807, 2.05) is 48.5 Å². The van der Waals surface area contributed by atoms with Crippen molar-refractivity contribution >= 4 is 21.6 Å². The number of para-hydroxylation sites is 1. The highest BCUT2D eigenvalue weighted by atomic mass is 79.9. The summed E-state index contributed by atoms with van der Waals surface area (Å²) in [5, 5.41) is 4.01. The molecule has 0 bridgehead atoms. The molecule has 0 saturated carbocycles. The lowest BCUT2D eigenvalue weighted by atomic mass is 10.1. The van der Waals surface area contributed by atoms with Gasteiger partial charge in [-0.1, -0.05) is 51.4 Å². The van der Waals surface area contributed by atoms with E-state index in [0.29, 0.717) is 23.8 Å². The maximum absolute atomic E-state index is 5.90. The Morgan fingerprint density at radius 2 is 1.80 bits per heavy atom. The minimum Gasteiger partial charge on any atom is -0.398 e. The molecule has 0 amide bonds. The fraction of sp³-hybridized carbons (Fsp3) is 0.0667. The molecule has 2 aromatic carbocycles. The monoisotopic (exact) mass is 329 g/mol. The highest BCUT2D eigenvalue weighted by Crippen LogP contribution is 2.25. The van der Waals surface area contributed by atoms with Crippen LogP contribution in [0.5, 0.6) is 0 Å². The van der Waals surface area contributed by atoms with Crippen LogP contribution in [0.15, 0.2) is 57.5 Å². The molecular formula is C15H12BrN3O. The predicted octanol–water partition coefficient (Wildman–Crippen LogP) is 3.67. The highest BCUT2D eigenvalue weighted by molar-refractivity contribution is 9.10. The van der Waals surface area contributed by atoms with Gasteiger partial charge in [0, 0.05) is 16.6 Å². The number of hydrogen-bond acceptors (Lipinski definition) is 4. The van der Waals surface area contributed by atoms with Gasteiger partial charge in [0.2, 0.25) is 0 Å². The number of halogens is 1. The molecule has 0 fully saturated rings. The SMILES string of the molecule is Nc1ccccc1-c1nc(Cc2ccccc2Br)no1. The number of rotatable bonds is 3. The lowest BCUT2D eigenvalue weighted by Crippen LogP contribution is -1.92. The van der Waals surface area contributed by atoms with Crippen LogP contribution in [0.2, 0.25) is 0 Å². The molecular weight excluding hydrogens is 318 g/mol. The first-order valence-corrected chi connectivity index (χ1v) is 6.94. The maximum atomic E-state index is 5.90. The van der Waals surface area contributed by atoms with Gasteiger partial charge in [0.15, 0.2) is 5.82 Å². The molecule has 0 spiro atoms. The number of anilines is 1. The summed E-state index contributed by atoms with van der Waals surface area (Å²) in [5.74, 6) is 1.08. The Morgan fingerprint density at radius 3 is 2.60 bits per heavy atom. The third-order valence-electron chi connectivity index (χ3n) is 2.97. The molecule has 0 radical (unpaired) electrons. The summed E-state index contributed by atoms with van der Waals surface area (Å²) in [4.78, 5) is 4.40. The van der Waals surface area contributed by atoms with Crippen LogP contribution in [-0.2, 0) is 6.42 Å². The van der Waals surface area contributed by atoms with Crippen LogP contribution < -0.4 is 5.73 Å². The fourth-order valence-corrected chi connectivity index (χ4v) is 2.36. The van der Waals surface area contributed by atoms with Crippen molar-refractivity contribution in [3.8, 4) is 11.5 Å². The van der Waals surface area contributed by atoms with Crippen molar-refractivity contribution < 1.29 is 4.52 Å². The Bertz CT molecular complexity index is 739. The van der Waals surface area contributed by atoms with Crippen LogP contribution >= 0.6 is 15.9 Å². The number of nitrogens with two attached hydrogens (primary N) is 1. The second kappa shape index (κ2) is 5.46. The van der Waals surface area contributed by atoms with Crippen LogP contribution in [0, 0.1) is 0 Å². The van der Waals surface area contributed by atoms with Gasteiger partial charge in [-0.25, -0.2) is 0 Å². The summed E-state index contributed by atoms with van der Waals surface area (Å²) in [6, 6.07) is 15.4. The van der Waals surface area contributed by atoms with E-state index in [9.17, 15) is 0 Å². The number of benzene rings is 2. The lowest BCUT2D eigenvalue weighted by molar-refractivity contribution is 0.424. The summed E-state index contributed by atoms with van der Waals surface area (Å²) in [6.07, 6.45) is 0.609. The zero-order valence-corrected chi connectivity index (χ0v) is 12.2. The third kappa shape index (κ3) is 2.58. The van der Waals surface area contributed by atoms with Gasteiger partial charge >= 0.3 is 0 Å². The molecule has 20 heavy (non-hydrogen) atoms. The number of hydrogen-bond donors (Lipinski definition) is 1. The highest BCUT2D eigenvalue weighted by Gasteiger charge is 2.12. The molecule has 1 aromatic heterocycles. The summed E-state index contributed by atoms with van der Waals surface area (Å²) in [5.41, 5.74) is 8.41. The maximum Gasteiger partial charge on any atom is 0.260 e. The number of nitrogen functional groups attached to an aromatic ring is 1. The van der Waals surface area contributed by atoms with E-state index >= 15 is 0 Å². The van der Waals surface area contributed by atoms with Gasteiger partial charge in [-0.3, -0.25) is 0 Å². The molecule has 1 heterocycles. The molecule has 100 valence electrons. The largest absolute Gasteiger partial charge is 0.398 e. The zero-order valence-electron chi connectivity index (χ0n) is 10.6. The van der Waals surface area contributed by atoms with Crippen molar-refractivity contribution in [3.63, 3.8) is 0 Å². The van der Waals surface area contributed by atoms with Crippen LogP contribution in [0.1, 0.15) is 11.4 Å². The van der Waals surface area contributed by atoms with Crippen LogP contribution in [-0.4, -0.2) is 10.1 Å². The molecule has 0 unspecified atom stereocenters. The Hall–Kier alpha value is -2.14. The fourth-order valence-electron chi connectivity index (χ4n) is 1.94. The summed E-state index contributed by atoms with van der Waals surface area (Å²) >= 11 is 3.51. The second-order valence-electron chi connectivity index (χ2n) is 4.37. The van der Waals surface area contributed by atoms with E-state index < -0.39 is 0 Å². The minimum atomic E-state index is 0.449. The molecule has 3 rings (SSSR count). The average molecular weight is 330 g/mol. The normalized spacial score (nSPS) is 10.7. The van der Waals surface area contributed by atoms with Gasteiger partial charge in [-0.05, 0) is 23.8 Å². The zero-order chi connectivity index (χ0) is 13.9. The first-order chi connectivity index (χ1) is 9.74. The third-order valence-corrected chi connectivity index (χ3v) is 3.74. The van der Waals surface area contributed by atoms with E-state index in [4.69, 9.17) is 10.3 Å². The standard InChI is InChI=1S/C15H12BrN3O/c16-12-7-3-1-5-10(12)9-14-18-15(20-19-14)11-6-2-4-8-13(11)17/h1-8H,9,17H2. The van der Waals surface area contributed by atoms with Crippen molar-refractivity contribution in [1.82, 2.24) is 10.1 Å². The molecule has 0 aliphatic heterocycles. The van der Waals surface area contributed by atoms with Crippen molar-refractivity contribution in [3.05, 3.63) is 64.4 Å². The molecule has 0 atom stereocenters. The second-order valence-corrected chi connectivity index (χ2v) is 5.23. The van der Waals surface area contributed by atoms with E-state index in [1.54, 1.807) is 0 Å². The smallest absolute Gasteiger partial charge is 0.260 e. The molecule has 0 aliphatic rings. The van der Waals surface area contributed by atoms with E-state index in [1.165, 1.54) is 0 Å². The topological polar surface area (TPSA) is 64.9 Å². The summed E-state index contributed by atoms with van der Waals surface area (Å²) in [7, 11) is 0. The predicted molar refractivity (Wildman–Crippen MR) is 81.1 cm³/mol. The van der Waals surface area contributed by atoms with E-state index in [0.717, 1.165) is 15.6 Å². The van der Waals surface area contributed by atoms with E-state index in [2.05, 4.69) is 26.1 Å². The van der Waals surface area contributed by atoms with Gasteiger partial charge in [0.05, 0.1) is 5.56 Å². The van der Waals surface area contributed by atoms with Gasteiger partial charge in [0.1, 0.15) is 0 Å². The van der Waals surface area contributed by atoms with Crippen molar-refractivity contribution in [1.29, 1.82) is 0 Å². The van der Waals surface area contributed by atoms with Gasteiger partial charge in [-0.2, -0.15) is 4.98 Å². The van der Waals surface area contributed by atoms with Crippen molar-refractivity contribution in [2.45, 2.75) is 6.42 Å². The first-order valence-electron chi connectivity index (χ1n) is 6.15. The minimum absolute atomic E-state index is 0.449. The van der Waals surface area contributed by atoms with Gasteiger partial charge in [0.25, 0.3) is 5.89 Å². The quantitative estimate of drug-likeness (QED) is 0.744. The first kappa shape index (κ1) is 12.9. The van der Waals surface area contributed by atoms with Crippen LogP contribution in [0.25, 0.3) is 11.5 Å².